The minimum absolute atomic E-state index is 0.0500. The molecule has 4 rings (SSSR count). The predicted octanol–water partition coefficient (Wildman–Crippen LogP) is 2.21. The molecule has 0 saturated carbocycles. The summed E-state index contributed by atoms with van der Waals surface area (Å²) in [5, 5.41) is 14.7. The number of likely N-dealkylation sites (tertiary alicyclic amines) is 1. The Morgan fingerprint density at radius 2 is 2.00 bits per heavy atom. The van der Waals surface area contributed by atoms with Gasteiger partial charge in [0.05, 0.1) is 17.7 Å². The number of amides is 1. The average molecular weight is 601 g/mol. The summed E-state index contributed by atoms with van der Waals surface area (Å²) in [6.07, 6.45) is -3.18. The van der Waals surface area contributed by atoms with E-state index in [9.17, 15) is 26.4 Å². The quantitative estimate of drug-likeness (QED) is 0.222. The molecular formula is C23H23F3N6O6S2. The van der Waals surface area contributed by atoms with Crippen LogP contribution in [-0.2, 0) is 26.2 Å². The molecule has 40 heavy (non-hydrogen) atoms. The van der Waals surface area contributed by atoms with E-state index in [-0.39, 0.29) is 22.0 Å². The van der Waals surface area contributed by atoms with E-state index in [1.54, 1.807) is 35.2 Å². The van der Waals surface area contributed by atoms with Crippen molar-refractivity contribution in [3.8, 4) is 16.6 Å². The summed E-state index contributed by atoms with van der Waals surface area (Å²) in [5.41, 5.74) is 7.47. The number of nitrogens with two attached hydrogens (primary N) is 1. The molecule has 17 heteroatoms. The van der Waals surface area contributed by atoms with Crippen LogP contribution in [0.3, 0.4) is 0 Å². The minimum Gasteiger partial charge on any atom is -0.475 e. The number of benzene rings is 1. The van der Waals surface area contributed by atoms with E-state index in [4.69, 9.17) is 25.8 Å². The molecule has 214 valence electrons. The van der Waals surface area contributed by atoms with Crippen LogP contribution in [0.4, 0.5) is 13.2 Å². The summed E-state index contributed by atoms with van der Waals surface area (Å²) in [5.74, 6) is -3.09. The zero-order valence-corrected chi connectivity index (χ0v) is 22.3. The van der Waals surface area contributed by atoms with Crippen molar-refractivity contribution in [1.82, 2.24) is 19.6 Å². The number of ether oxygens (including phenoxy) is 1. The van der Waals surface area contributed by atoms with Crippen LogP contribution in [0, 0.1) is 5.41 Å². The molecule has 0 radical (unpaired) electrons. The lowest BCUT2D eigenvalue weighted by atomic mass is 10.1. The number of carboxylic acid groups (broad SMARTS) is 1. The smallest absolute Gasteiger partial charge is 0.475 e. The molecule has 5 N–H and O–H groups in total. The SMILES string of the molecule is COc1nccc(-c2ccc(S(=O)(=O)N[C@H]3CCN(Cc4cccc(C(=N)N)c4)C3=O)s2)n1.O=C(O)C(F)(F)F. The lowest BCUT2D eigenvalue weighted by Crippen LogP contribution is -2.41. The first-order valence-corrected chi connectivity index (χ1v) is 13.5. The number of nitrogen functional groups attached to an aromatic ring is 1. The van der Waals surface area contributed by atoms with Crippen molar-refractivity contribution < 1.29 is 41.0 Å². The number of nitrogens with zero attached hydrogens (tertiary/aromatic N) is 3. The van der Waals surface area contributed by atoms with E-state index >= 15 is 0 Å². The van der Waals surface area contributed by atoms with Gasteiger partial charge in [-0.25, -0.2) is 18.2 Å². The largest absolute Gasteiger partial charge is 0.490 e. The fourth-order valence-electron chi connectivity index (χ4n) is 3.49. The average Bonchev–Trinajstić information content (AvgIpc) is 3.53. The molecule has 1 aromatic carbocycles. The van der Waals surface area contributed by atoms with Crippen LogP contribution in [-0.4, -0.2) is 72.0 Å². The topological polar surface area (TPSA) is 189 Å². The van der Waals surface area contributed by atoms with Crippen molar-refractivity contribution in [2.75, 3.05) is 13.7 Å². The van der Waals surface area contributed by atoms with Crippen LogP contribution >= 0.6 is 11.3 Å². The second kappa shape index (κ2) is 12.4. The number of alkyl halides is 3. The summed E-state index contributed by atoms with van der Waals surface area (Å²) < 4.78 is 65.2. The number of sulfonamides is 1. The number of halogens is 3. The number of carbonyl (C=O) groups excluding carboxylic acids is 1. The molecular weight excluding hydrogens is 577 g/mol. The van der Waals surface area contributed by atoms with Crippen LogP contribution in [0.5, 0.6) is 6.01 Å². The van der Waals surface area contributed by atoms with E-state index < -0.39 is 28.2 Å². The Labute approximate surface area is 230 Å². The summed E-state index contributed by atoms with van der Waals surface area (Å²) in [4.78, 5) is 32.1. The van der Waals surface area contributed by atoms with Gasteiger partial charge in [-0.3, -0.25) is 10.2 Å². The molecule has 0 bridgehead atoms. The Morgan fingerprint density at radius 3 is 2.62 bits per heavy atom. The van der Waals surface area contributed by atoms with Crippen LogP contribution in [0.1, 0.15) is 17.5 Å². The fraction of sp³-hybridized carbons (Fsp3) is 0.261. The first-order chi connectivity index (χ1) is 18.7. The maximum atomic E-state index is 12.9. The number of hydrogen-bond acceptors (Lipinski definition) is 9. The Bertz CT molecular complexity index is 1510. The van der Waals surface area contributed by atoms with Gasteiger partial charge in [-0.15, -0.1) is 11.3 Å². The van der Waals surface area contributed by atoms with Gasteiger partial charge in [0.25, 0.3) is 10.0 Å². The number of carboxylic acids is 1. The number of aliphatic carboxylic acids is 1. The summed E-state index contributed by atoms with van der Waals surface area (Å²) in [6, 6.07) is 11.2. The van der Waals surface area contributed by atoms with E-state index in [0.717, 1.165) is 16.9 Å². The highest BCUT2D eigenvalue weighted by atomic mass is 32.2. The first-order valence-electron chi connectivity index (χ1n) is 11.2. The number of hydrogen-bond donors (Lipinski definition) is 4. The van der Waals surface area contributed by atoms with Crippen LogP contribution in [0.25, 0.3) is 10.6 Å². The van der Waals surface area contributed by atoms with Crippen molar-refractivity contribution in [1.29, 1.82) is 5.41 Å². The van der Waals surface area contributed by atoms with Gasteiger partial charge >= 0.3 is 18.2 Å². The third-order valence-corrected chi connectivity index (χ3v) is 8.43. The second-order valence-electron chi connectivity index (χ2n) is 8.19. The predicted molar refractivity (Wildman–Crippen MR) is 137 cm³/mol. The molecule has 1 aliphatic rings. The van der Waals surface area contributed by atoms with Gasteiger partial charge in [-0.05, 0) is 36.2 Å². The zero-order chi connectivity index (χ0) is 29.7. The minimum atomic E-state index is -5.08. The second-order valence-corrected chi connectivity index (χ2v) is 11.2. The maximum Gasteiger partial charge on any atom is 0.490 e. The van der Waals surface area contributed by atoms with Crippen LogP contribution in [0.2, 0.25) is 0 Å². The van der Waals surface area contributed by atoms with E-state index in [1.807, 2.05) is 6.07 Å². The number of thiophene rings is 1. The highest BCUT2D eigenvalue weighted by molar-refractivity contribution is 7.91. The molecule has 12 nitrogen and oxygen atoms in total. The highest BCUT2D eigenvalue weighted by Crippen LogP contribution is 2.30. The van der Waals surface area contributed by atoms with Gasteiger partial charge in [0.1, 0.15) is 16.1 Å². The van der Waals surface area contributed by atoms with Crippen LogP contribution in [0.15, 0.2) is 52.9 Å². The molecule has 1 atom stereocenters. The molecule has 1 amide bonds. The van der Waals surface area contributed by atoms with Gasteiger partial charge in [0, 0.05) is 24.8 Å². The van der Waals surface area contributed by atoms with Gasteiger partial charge in [-0.2, -0.15) is 22.9 Å². The monoisotopic (exact) mass is 600 g/mol. The van der Waals surface area contributed by atoms with Gasteiger partial charge < -0.3 is 20.5 Å². The molecule has 3 aromatic rings. The van der Waals surface area contributed by atoms with Crippen molar-refractivity contribution in [2.45, 2.75) is 29.4 Å². The Kier molecular flexibility index (Phi) is 9.44. The summed E-state index contributed by atoms with van der Waals surface area (Å²) in [7, 11) is -2.44. The van der Waals surface area contributed by atoms with Gasteiger partial charge in [0.15, 0.2) is 0 Å². The normalized spacial score (nSPS) is 15.3. The molecule has 1 aliphatic heterocycles. The number of nitrogens with one attached hydrogen (secondary N) is 2. The van der Waals surface area contributed by atoms with Gasteiger partial charge in [0.2, 0.25) is 5.91 Å². The summed E-state index contributed by atoms with van der Waals surface area (Å²) in [6.45, 7) is 0.740. The Balaban J connectivity index is 0.000000559. The van der Waals surface area contributed by atoms with Crippen molar-refractivity contribution in [2.24, 2.45) is 5.73 Å². The highest BCUT2D eigenvalue weighted by Gasteiger charge is 2.38. The molecule has 0 spiro atoms. The molecule has 0 aliphatic carbocycles. The lowest BCUT2D eigenvalue weighted by molar-refractivity contribution is -0.192. The molecule has 1 saturated heterocycles. The Hall–Kier alpha value is -4.09. The number of aromatic nitrogens is 2. The van der Waals surface area contributed by atoms with Crippen molar-refractivity contribution in [3.05, 3.63) is 59.8 Å². The van der Waals surface area contributed by atoms with E-state index in [1.165, 1.54) is 19.4 Å². The maximum absolute atomic E-state index is 12.9. The van der Waals surface area contributed by atoms with Crippen molar-refractivity contribution >= 4 is 39.1 Å². The molecule has 0 unspecified atom stereocenters. The van der Waals surface area contributed by atoms with Crippen LogP contribution < -0.4 is 15.2 Å². The number of methoxy groups -OCH3 is 1. The Morgan fingerprint density at radius 1 is 1.30 bits per heavy atom. The standard InChI is InChI=1S/C21H22N6O4S2.C2HF3O2/c1-31-21-24-9-7-15(25-21)17-5-6-18(32-17)33(29,30)26-16-8-10-27(20(16)28)12-13-3-2-4-14(11-13)19(22)23;3-2(4,5)1(6)7/h2-7,9,11,16,26H,8,10,12H2,1H3,(H3,22,23);(H,6,7)/t16-;/m0./s1. The third-order valence-electron chi connectivity index (χ3n) is 5.36. The molecule has 1 fully saturated rings. The van der Waals surface area contributed by atoms with Crippen molar-refractivity contribution in [3.63, 3.8) is 0 Å². The summed E-state index contributed by atoms with van der Waals surface area (Å²) >= 11 is 1.05. The van der Waals surface area contributed by atoms with E-state index in [2.05, 4.69) is 14.7 Å². The number of carbonyl (C=O) groups is 2. The lowest BCUT2D eigenvalue weighted by Gasteiger charge is -2.17. The zero-order valence-electron chi connectivity index (χ0n) is 20.7. The fourth-order valence-corrected chi connectivity index (χ4v) is 6.00. The molecule has 3 heterocycles. The van der Waals surface area contributed by atoms with Gasteiger partial charge in [-0.1, -0.05) is 18.2 Å². The third kappa shape index (κ3) is 7.73. The number of amidine groups is 1. The van der Waals surface area contributed by atoms with E-state index in [0.29, 0.717) is 35.6 Å². The first kappa shape index (κ1) is 30.5. The number of rotatable bonds is 8. The molecule has 2 aromatic heterocycles.